The lowest BCUT2D eigenvalue weighted by Gasteiger charge is -2.10. The molecular formula is C13H18F2N2O. The second-order valence-electron chi connectivity index (χ2n) is 4.20. The van der Waals surface area contributed by atoms with Crippen LogP contribution in [0.4, 0.5) is 8.78 Å². The van der Waals surface area contributed by atoms with E-state index in [1.54, 1.807) is 0 Å². The summed E-state index contributed by atoms with van der Waals surface area (Å²) in [4.78, 5) is 11.5. The Labute approximate surface area is 105 Å². The molecule has 1 aromatic carbocycles. The third-order valence-electron chi connectivity index (χ3n) is 2.74. The van der Waals surface area contributed by atoms with Gasteiger partial charge in [0.2, 0.25) is 5.91 Å². The molecule has 0 aromatic heterocycles. The molecular weight excluding hydrogens is 238 g/mol. The average Bonchev–Trinajstić information content (AvgIpc) is 2.34. The highest BCUT2D eigenvalue weighted by Gasteiger charge is 2.11. The fourth-order valence-corrected chi connectivity index (χ4v) is 1.52. The minimum atomic E-state index is -0.960. The Morgan fingerprint density at radius 1 is 1.44 bits per heavy atom. The van der Waals surface area contributed by atoms with Crippen LogP contribution >= 0.6 is 0 Å². The quantitative estimate of drug-likeness (QED) is 0.814. The van der Waals surface area contributed by atoms with Gasteiger partial charge in [0, 0.05) is 18.2 Å². The van der Waals surface area contributed by atoms with E-state index >= 15 is 0 Å². The fourth-order valence-electron chi connectivity index (χ4n) is 1.52. The van der Waals surface area contributed by atoms with E-state index in [-0.39, 0.29) is 23.9 Å². The summed E-state index contributed by atoms with van der Waals surface area (Å²) in [6, 6.07) is 3.86. The van der Waals surface area contributed by atoms with E-state index in [1.165, 1.54) is 12.1 Å². The minimum absolute atomic E-state index is 0.0520. The molecule has 1 aromatic rings. The predicted octanol–water partition coefficient (Wildman–Crippen LogP) is 1.75. The number of nitrogens with one attached hydrogen (secondary N) is 1. The zero-order chi connectivity index (χ0) is 13.5. The van der Waals surface area contributed by atoms with E-state index in [4.69, 9.17) is 5.73 Å². The number of hydrogen-bond acceptors (Lipinski definition) is 2. The van der Waals surface area contributed by atoms with Gasteiger partial charge in [-0.25, -0.2) is 8.78 Å². The number of hydrogen-bond donors (Lipinski definition) is 2. The Morgan fingerprint density at radius 2 is 2.17 bits per heavy atom. The number of carbonyl (C=O) groups excluding carboxylic acids is 1. The molecule has 5 heteroatoms. The number of benzene rings is 1. The van der Waals surface area contributed by atoms with Crippen molar-refractivity contribution >= 4 is 5.91 Å². The molecule has 1 atom stereocenters. The van der Waals surface area contributed by atoms with Gasteiger partial charge in [-0.3, -0.25) is 4.79 Å². The van der Waals surface area contributed by atoms with E-state index in [1.807, 2.05) is 6.92 Å². The molecule has 0 aliphatic rings. The van der Waals surface area contributed by atoms with Crippen molar-refractivity contribution in [2.75, 3.05) is 6.54 Å². The van der Waals surface area contributed by atoms with Gasteiger partial charge in [0.25, 0.3) is 0 Å². The molecule has 1 amide bonds. The molecule has 3 N–H and O–H groups in total. The number of nitrogens with two attached hydrogens (primary N) is 1. The van der Waals surface area contributed by atoms with E-state index in [9.17, 15) is 13.6 Å². The first kappa shape index (κ1) is 14.6. The van der Waals surface area contributed by atoms with Crippen molar-refractivity contribution in [1.29, 1.82) is 0 Å². The van der Waals surface area contributed by atoms with Gasteiger partial charge in [-0.2, -0.15) is 0 Å². The maximum atomic E-state index is 13.3. The molecule has 0 heterocycles. The number of carbonyl (C=O) groups is 1. The first-order valence-corrected chi connectivity index (χ1v) is 5.99. The minimum Gasteiger partial charge on any atom is -0.356 e. The molecule has 0 radical (unpaired) electrons. The van der Waals surface area contributed by atoms with Gasteiger partial charge in [0.1, 0.15) is 0 Å². The van der Waals surface area contributed by atoms with Crippen molar-refractivity contribution < 1.29 is 13.6 Å². The highest BCUT2D eigenvalue weighted by Crippen LogP contribution is 2.11. The summed E-state index contributed by atoms with van der Waals surface area (Å²) < 4.78 is 26.2. The lowest BCUT2D eigenvalue weighted by molar-refractivity contribution is -0.120. The second kappa shape index (κ2) is 7.06. The van der Waals surface area contributed by atoms with Crippen LogP contribution in [0.5, 0.6) is 0 Å². The second-order valence-corrected chi connectivity index (χ2v) is 4.20. The van der Waals surface area contributed by atoms with E-state index < -0.39 is 11.6 Å². The molecule has 0 aliphatic carbocycles. The molecule has 1 unspecified atom stereocenters. The maximum Gasteiger partial charge on any atom is 0.224 e. The smallest absolute Gasteiger partial charge is 0.224 e. The van der Waals surface area contributed by atoms with Gasteiger partial charge in [0.05, 0.1) is 6.42 Å². The zero-order valence-electron chi connectivity index (χ0n) is 10.4. The normalized spacial score (nSPS) is 12.2. The van der Waals surface area contributed by atoms with Gasteiger partial charge < -0.3 is 11.1 Å². The van der Waals surface area contributed by atoms with E-state index in [0.29, 0.717) is 13.0 Å². The highest BCUT2D eigenvalue weighted by atomic mass is 19.2. The first-order chi connectivity index (χ1) is 8.54. The molecule has 0 aliphatic heterocycles. The molecule has 0 saturated heterocycles. The van der Waals surface area contributed by atoms with Crippen LogP contribution in [0.25, 0.3) is 0 Å². The largest absolute Gasteiger partial charge is 0.356 e. The molecule has 3 nitrogen and oxygen atoms in total. The highest BCUT2D eigenvalue weighted by molar-refractivity contribution is 5.78. The Bertz CT molecular complexity index is 410. The third kappa shape index (κ3) is 4.41. The van der Waals surface area contributed by atoms with E-state index in [0.717, 1.165) is 12.5 Å². The third-order valence-corrected chi connectivity index (χ3v) is 2.74. The van der Waals surface area contributed by atoms with Crippen LogP contribution in [0.2, 0.25) is 0 Å². The fraction of sp³-hybridized carbons (Fsp3) is 0.462. The van der Waals surface area contributed by atoms with Crippen LogP contribution < -0.4 is 11.1 Å². The number of halogens is 2. The Morgan fingerprint density at radius 3 is 2.83 bits per heavy atom. The predicted molar refractivity (Wildman–Crippen MR) is 66.0 cm³/mol. The van der Waals surface area contributed by atoms with Gasteiger partial charge in [-0.05, 0) is 18.9 Å². The Hall–Kier alpha value is -1.49. The zero-order valence-corrected chi connectivity index (χ0v) is 10.4. The van der Waals surface area contributed by atoms with Crippen molar-refractivity contribution in [3.8, 4) is 0 Å². The van der Waals surface area contributed by atoms with Crippen molar-refractivity contribution in [3.05, 3.63) is 35.4 Å². The van der Waals surface area contributed by atoms with Crippen LogP contribution in [0.1, 0.15) is 25.3 Å². The average molecular weight is 256 g/mol. The van der Waals surface area contributed by atoms with Crippen LogP contribution in [0.15, 0.2) is 18.2 Å². The van der Waals surface area contributed by atoms with Gasteiger partial charge >= 0.3 is 0 Å². The summed E-state index contributed by atoms with van der Waals surface area (Å²) in [5.74, 6) is -2.23. The topological polar surface area (TPSA) is 55.1 Å². The maximum absolute atomic E-state index is 13.3. The van der Waals surface area contributed by atoms with Gasteiger partial charge in [-0.1, -0.05) is 19.1 Å². The molecule has 0 spiro atoms. The number of amides is 1. The molecule has 0 bridgehead atoms. The van der Waals surface area contributed by atoms with Crippen molar-refractivity contribution in [2.24, 2.45) is 5.73 Å². The summed E-state index contributed by atoms with van der Waals surface area (Å²) in [5, 5.41) is 2.63. The lowest BCUT2D eigenvalue weighted by Crippen LogP contribution is -2.31. The van der Waals surface area contributed by atoms with Crippen LogP contribution in [-0.4, -0.2) is 18.5 Å². The molecule has 100 valence electrons. The van der Waals surface area contributed by atoms with E-state index in [2.05, 4.69) is 5.32 Å². The van der Waals surface area contributed by atoms with Crippen LogP contribution in [-0.2, 0) is 11.2 Å². The van der Waals surface area contributed by atoms with Gasteiger partial charge in [0.15, 0.2) is 11.6 Å². The molecule has 0 saturated carbocycles. The molecule has 1 rings (SSSR count). The van der Waals surface area contributed by atoms with Crippen molar-refractivity contribution in [3.63, 3.8) is 0 Å². The lowest BCUT2D eigenvalue weighted by atomic mass is 10.1. The monoisotopic (exact) mass is 256 g/mol. The summed E-state index contributed by atoms with van der Waals surface area (Å²) in [7, 11) is 0. The van der Waals surface area contributed by atoms with Crippen LogP contribution in [0.3, 0.4) is 0 Å². The summed E-state index contributed by atoms with van der Waals surface area (Å²) in [6.45, 7) is 2.42. The van der Waals surface area contributed by atoms with Crippen molar-refractivity contribution in [1.82, 2.24) is 5.32 Å². The molecule has 18 heavy (non-hydrogen) atoms. The molecule has 0 fully saturated rings. The Kier molecular flexibility index (Phi) is 5.71. The SMILES string of the molecule is CCC(N)CCNC(=O)Cc1cccc(F)c1F. The summed E-state index contributed by atoms with van der Waals surface area (Å²) in [6.07, 6.45) is 1.35. The standard InChI is InChI=1S/C13H18F2N2O/c1-2-10(16)6-7-17-12(18)8-9-4-3-5-11(14)13(9)15/h3-5,10H,2,6-8,16H2,1H3,(H,17,18). The summed E-state index contributed by atoms with van der Waals surface area (Å²) >= 11 is 0. The Balaban J connectivity index is 2.43. The van der Waals surface area contributed by atoms with Crippen molar-refractivity contribution in [2.45, 2.75) is 32.2 Å². The number of rotatable bonds is 6. The first-order valence-electron chi connectivity index (χ1n) is 5.99. The van der Waals surface area contributed by atoms with Crippen LogP contribution in [0, 0.1) is 11.6 Å². The van der Waals surface area contributed by atoms with Gasteiger partial charge in [-0.15, -0.1) is 0 Å². The summed E-state index contributed by atoms with van der Waals surface area (Å²) in [5.41, 5.74) is 5.76.